The first-order valence-electron chi connectivity index (χ1n) is 7.75. The molecule has 1 amide bonds. The second-order valence-electron chi connectivity index (χ2n) is 5.82. The van der Waals surface area contributed by atoms with Gasteiger partial charge in [-0.15, -0.1) is 0 Å². The third kappa shape index (κ3) is 7.10. The van der Waals surface area contributed by atoms with Gasteiger partial charge in [0.1, 0.15) is 11.8 Å². The van der Waals surface area contributed by atoms with E-state index < -0.39 is 34.5 Å². The molecule has 0 bridgehead atoms. The maximum atomic E-state index is 12.2. The van der Waals surface area contributed by atoms with Gasteiger partial charge < -0.3 is 14.8 Å². The number of benzene rings is 1. The van der Waals surface area contributed by atoms with Gasteiger partial charge in [0, 0.05) is 6.54 Å². The number of esters is 1. The van der Waals surface area contributed by atoms with Crippen molar-refractivity contribution in [2.24, 2.45) is 5.92 Å². The normalized spacial score (nSPS) is 12.5. The molecule has 0 radical (unpaired) electrons. The Bertz CT molecular complexity index is 685. The lowest BCUT2D eigenvalue weighted by Gasteiger charge is -2.14. The standard InChI is InChI=1S/C16H24N2O6S/c1-11(2)9-17-15(19)10-24-16(20)12(3)18-25(21,22)14-7-5-13(23-4)6-8-14/h5-8,11-12,18H,9-10H2,1-4H3,(H,17,19). The Morgan fingerprint density at radius 3 is 2.24 bits per heavy atom. The first-order valence-corrected chi connectivity index (χ1v) is 9.23. The lowest BCUT2D eigenvalue weighted by Crippen LogP contribution is -2.41. The molecule has 1 aromatic rings. The van der Waals surface area contributed by atoms with Crippen LogP contribution in [-0.2, 0) is 24.3 Å². The zero-order valence-electron chi connectivity index (χ0n) is 14.7. The molecule has 0 saturated heterocycles. The average molecular weight is 372 g/mol. The molecule has 2 N–H and O–H groups in total. The number of nitrogens with one attached hydrogen (secondary N) is 2. The smallest absolute Gasteiger partial charge is 0.324 e. The second kappa shape index (κ2) is 9.38. The Labute approximate surface area is 147 Å². The SMILES string of the molecule is COc1ccc(S(=O)(=O)NC(C)C(=O)OCC(=O)NCC(C)C)cc1. The van der Waals surface area contributed by atoms with Crippen LogP contribution >= 0.6 is 0 Å². The van der Waals surface area contributed by atoms with Crippen LogP contribution < -0.4 is 14.8 Å². The van der Waals surface area contributed by atoms with E-state index in [1.54, 1.807) is 0 Å². The van der Waals surface area contributed by atoms with Crippen LogP contribution in [-0.4, -0.2) is 46.6 Å². The average Bonchev–Trinajstić information content (AvgIpc) is 2.57. The van der Waals surface area contributed by atoms with Crippen molar-refractivity contribution in [2.75, 3.05) is 20.3 Å². The van der Waals surface area contributed by atoms with Gasteiger partial charge in [0.25, 0.3) is 5.91 Å². The monoisotopic (exact) mass is 372 g/mol. The van der Waals surface area contributed by atoms with Crippen LogP contribution in [0, 0.1) is 5.92 Å². The molecular formula is C16H24N2O6S. The van der Waals surface area contributed by atoms with Crippen molar-refractivity contribution >= 4 is 21.9 Å². The summed E-state index contributed by atoms with van der Waals surface area (Å²) >= 11 is 0. The van der Waals surface area contributed by atoms with Crippen LogP contribution in [0.2, 0.25) is 0 Å². The zero-order chi connectivity index (χ0) is 19.0. The van der Waals surface area contributed by atoms with E-state index in [0.29, 0.717) is 12.3 Å². The van der Waals surface area contributed by atoms with E-state index in [1.165, 1.54) is 38.3 Å². The number of rotatable bonds is 9. The van der Waals surface area contributed by atoms with Gasteiger partial charge in [-0.3, -0.25) is 9.59 Å². The highest BCUT2D eigenvalue weighted by atomic mass is 32.2. The molecule has 1 unspecified atom stereocenters. The fourth-order valence-electron chi connectivity index (χ4n) is 1.73. The van der Waals surface area contributed by atoms with Crippen molar-refractivity contribution in [2.45, 2.75) is 31.7 Å². The predicted molar refractivity (Wildman–Crippen MR) is 91.6 cm³/mol. The molecule has 0 saturated carbocycles. The van der Waals surface area contributed by atoms with Gasteiger partial charge in [-0.25, -0.2) is 8.42 Å². The third-order valence-corrected chi connectivity index (χ3v) is 4.66. The summed E-state index contributed by atoms with van der Waals surface area (Å²) < 4.78 is 36.4. The molecule has 0 aliphatic carbocycles. The fourth-order valence-corrected chi connectivity index (χ4v) is 2.93. The minimum absolute atomic E-state index is 0.0115. The molecule has 1 atom stereocenters. The molecule has 25 heavy (non-hydrogen) atoms. The number of hydrogen-bond donors (Lipinski definition) is 2. The summed E-state index contributed by atoms with van der Waals surface area (Å²) in [5, 5.41) is 2.59. The maximum absolute atomic E-state index is 12.2. The number of carbonyl (C=O) groups excluding carboxylic acids is 2. The number of carbonyl (C=O) groups is 2. The molecule has 0 fully saturated rings. The van der Waals surface area contributed by atoms with Crippen molar-refractivity contribution in [3.8, 4) is 5.75 Å². The molecule has 1 aromatic carbocycles. The Morgan fingerprint density at radius 1 is 1.12 bits per heavy atom. The van der Waals surface area contributed by atoms with Crippen molar-refractivity contribution in [3.05, 3.63) is 24.3 Å². The lowest BCUT2D eigenvalue weighted by molar-refractivity contribution is -0.149. The quantitative estimate of drug-likeness (QED) is 0.617. The van der Waals surface area contributed by atoms with Crippen molar-refractivity contribution < 1.29 is 27.5 Å². The summed E-state index contributed by atoms with van der Waals surface area (Å²) in [5.41, 5.74) is 0. The lowest BCUT2D eigenvalue weighted by atomic mass is 10.2. The van der Waals surface area contributed by atoms with Gasteiger partial charge >= 0.3 is 5.97 Å². The molecule has 9 heteroatoms. The van der Waals surface area contributed by atoms with Crippen molar-refractivity contribution in [3.63, 3.8) is 0 Å². The predicted octanol–water partition coefficient (Wildman–Crippen LogP) is 0.677. The van der Waals surface area contributed by atoms with E-state index in [2.05, 4.69) is 10.0 Å². The summed E-state index contributed by atoms with van der Waals surface area (Å²) in [4.78, 5) is 23.3. The van der Waals surface area contributed by atoms with Crippen LogP contribution in [0.5, 0.6) is 5.75 Å². The minimum Gasteiger partial charge on any atom is -0.497 e. The summed E-state index contributed by atoms with van der Waals surface area (Å²) in [7, 11) is -2.43. The molecule has 0 heterocycles. The molecule has 8 nitrogen and oxygen atoms in total. The number of sulfonamides is 1. The van der Waals surface area contributed by atoms with E-state index in [0.717, 1.165) is 0 Å². The molecule has 1 rings (SSSR count). The zero-order valence-corrected chi connectivity index (χ0v) is 15.6. The third-order valence-electron chi connectivity index (χ3n) is 3.11. The maximum Gasteiger partial charge on any atom is 0.324 e. The Hall–Kier alpha value is -2.13. The number of methoxy groups -OCH3 is 1. The molecule has 0 aliphatic rings. The minimum atomic E-state index is -3.90. The Balaban J connectivity index is 2.56. The summed E-state index contributed by atoms with van der Waals surface area (Å²) in [5.74, 6) is -0.488. The number of ether oxygens (including phenoxy) is 2. The van der Waals surface area contributed by atoms with E-state index in [4.69, 9.17) is 9.47 Å². The van der Waals surface area contributed by atoms with E-state index >= 15 is 0 Å². The Morgan fingerprint density at radius 2 is 1.72 bits per heavy atom. The largest absolute Gasteiger partial charge is 0.497 e. The van der Waals surface area contributed by atoms with Gasteiger partial charge in [0.15, 0.2) is 6.61 Å². The van der Waals surface area contributed by atoms with Crippen LogP contribution in [0.25, 0.3) is 0 Å². The van der Waals surface area contributed by atoms with Gasteiger partial charge in [-0.2, -0.15) is 4.72 Å². The van der Waals surface area contributed by atoms with Crippen LogP contribution in [0.1, 0.15) is 20.8 Å². The molecule has 0 spiro atoms. The van der Waals surface area contributed by atoms with Crippen molar-refractivity contribution in [1.82, 2.24) is 10.0 Å². The van der Waals surface area contributed by atoms with Crippen molar-refractivity contribution in [1.29, 1.82) is 0 Å². The van der Waals surface area contributed by atoms with Gasteiger partial charge in [-0.1, -0.05) is 13.8 Å². The van der Waals surface area contributed by atoms with Crippen LogP contribution in [0.15, 0.2) is 29.2 Å². The topological polar surface area (TPSA) is 111 Å². The highest BCUT2D eigenvalue weighted by molar-refractivity contribution is 7.89. The first kappa shape index (κ1) is 20.9. The van der Waals surface area contributed by atoms with E-state index in [-0.39, 0.29) is 10.8 Å². The van der Waals surface area contributed by atoms with Gasteiger partial charge in [0.05, 0.1) is 12.0 Å². The molecule has 0 aromatic heterocycles. The number of amides is 1. The molecule has 140 valence electrons. The van der Waals surface area contributed by atoms with Crippen LogP contribution in [0.3, 0.4) is 0 Å². The first-order chi connectivity index (χ1) is 11.7. The van der Waals surface area contributed by atoms with Gasteiger partial charge in [-0.05, 0) is 37.1 Å². The highest BCUT2D eigenvalue weighted by Crippen LogP contribution is 2.15. The molecule has 0 aliphatic heterocycles. The highest BCUT2D eigenvalue weighted by Gasteiger charge is 2.23. The summed E-state index contributed by atoms with van der Waals surface area (Å²) in [6.07, 6.45) is 0. The molecular weight excluding hydrogens is 348 g/mol. The van der Waals surface area contributed by atoms with Gasteiger partial charge in [0.2, 0.25) is 10.0 Å². The second-order valence-corrected chi connectivity index (χ2v) is 7.54. The van der Waals surface area contributed by atoms with E-state index in [1.807, 2.05) is 13.8 Å². The number of hydrogen-bond acceptors (Lipinski definition) is 6. The summed E-state index contributed by atoms with van der Waals surface area (Å²) in [6.45, 7) is 5.22. The Kier molecular flexibility index (Phi) is 7.85. The fraction of sp³-hybridized carbons (Fsp3) is 0.500. The van der Waals surface area contributed by atoms with Crippen LogP contribution in [0.4, 0.5) is 0 Å². The summed E-state index contributed by atoms with van der Waals surface area (Å²) in [6, 6.07) is 4.58. The van der Waals surface area contributed by atoms with E-state index in [9.17, 15) is 18.0 Å².